The van der Waals surface area contributed by atoms with Crippen LogP contribution in [-0.2, 0) is 7.05 Å². The number of aromatic nitrogens is 4. The van der Waals surface area contributed by atoms with E-state index in [0.717, 1.165) is 33.6 Å². The van der Waals surface area contributed by atoms with Crippen LogP contribution in [0.3, 0.4) is 0 Å². The van der Waals surface area contributed by atoms with Gasteiger partial charge in [-0.2, -0.15) is 10.2 Å². The molecule has 0 unspecified atom stereocenters. The predicted octanol–water partition coefficient (Wildman–Crippen LogP) is 4.52. The van der Waals surface area contributed by atoms with Crippen LogP contribution in [-0.4, -0.2) is 25.5 Å². The number of aryl methyl sites for hydroxylation is 1. The SMILES string of the molecule is CC(=NNc1nc(-c2ccccc2)c2ccc(Cl)cc2n1)c1ccnn1C. The topological polar surface area (TPSA) is 68.0 Å². The molecule has 0 aliphatic heterocycles. The number of nitrogens with zero attached hydrogens (tertiary/aromatic N) is 5. The van der Waals surface area contributed by atoms with Gasteiger partial charge in [0.25, 0.3) is 0 Å². The number of fused-ring (bicyclic) bond motifs is 1. The quantitative estimate of drug-likeness (QED) is 0.420. The van der Waals surface area contributed by atoms with Crippen molar-refractivity contribution in [1.82, 2.24) is 19.7 Å². The molecule has 6 nitrogen and oxygen atoms in total. The highest BCUT2D eigenvalue weighted by Crippen LogP contribution is 2.29. The molecule has 0 fully saturated rings. The number of anilines is 1. The fourth-order valence-electron chi connectivity index (χ4n) is 2.89. The Hall–Kier alpha value is -3.25. The molecule has 0 radical (unpaired) electrons. The van der Waals surface area contributed by atoms with Gasteiger partial charge >= 0.3 is 0 Å². The molecular weight excluding hydrogens is 360 g/mol. The third-order valence-corrected chi connectivity index (χ3v) is 4.46. The van der Waals surface area contributed by atoms with Crippen molar-refractivity contribution in [3.05, 3.63) is 71.5 Å². The zero-order valence-corrected chi connectivity index (χ0v) is 15.6. The van der Waals surface area contributed by atoms with E-state index in [0.29, 0.717) is 11.0 Å². The lowest BCUT2D eigenvalue weighted by Crippen LogP contribution is -2.07. The summed E-state index contributed by atoms with van der Waals surface area (Å²) < 4.78 is 1.76. The summed E-state index contributed by atoms with van der Waals surface area (Å²) in [6.45, 7) is 1.90. The summed E-state index contributed by atoms with van der Waals surface area (Å²) in [5, 5.41) is 10.1. The van der Waals surface area contributed by atoms with Gasteiger partial charge < -0.3 is 0 Å². The minimum absolute atomic E-state index is 0.408. The Kier molecular flexibility index (Phi) is 4.56. The zero-order chi connectivity index (χ0) is 18.8. The minimum Gasteiger partial charge on any atom is -0.267 e. The number of halogens is 1. The maximum Gasteiger partial charge on any atom is 0.244 e. The van der Waals surface area contributed by atoms with E-state index < -0.39 is 0 Å². The molecule has 0 aliphatic rings. The smallest absolute Gasteiger partial charge is 0.244 e. The first-order valence-electron chi connectivity index (χ1n) is 8.43. The van der Waals surface area contributed by atoms with Crippen molar-refractivity contribution >= 4 is 34.2 Å². The Morgan fingerprint density at radius 3 is 2.63 bits per heavy atom. The van der Waals surface area contributed by atoms with Gasteiger partial charge in [-0.1, -0.05) is 41.9 Å². The van der Waals surface area contributed by atoms with Gasteiger partial charge in [-0.05, 0) is 31.2 Å². The maximum atomic E-state index is 6.16. The number of rotatable bonds is 4. The van der Waals surface area contributed by atoms with E-state index in [1.807, 2.05) is 68.6 Å². The molecule has 2 heterocycles. The molecule has 0 atom stereocenters. The highest BCUT2D eigenvalue weighted by atomic mass is 35.5. The average Bonchev–Trinajstić information content (AvgIpc) is 3.12. The Labute approximate surface area is 161 Å². The van der Waals surface area contributed by atoms with Gasteiger partial charge in [-0.3, -0.25) is 4.68 Å². The lowest BCUT2D eigenvalue weighted by molar-refractivity contribution is 0.759. The van der Waals surface area contributed by atoms with Crippen molar-refractivity contribution in [2.24, 2.45) is 12.1 Å². The molecule has 7 heteroatoms. The molecule has 1 N–H and O–H groups in total. The summed E-state index contributed by atoms with van der Waals surface area (Å²) in [6.07, 6.45) is 1.73. The second-order valence-corrected chi connectivity index (χ2v) is 6.51. The van der Waals surface area contributed by atoms with Crippen molar-refractivity contribution in [3.63, 3.8) is 0 Å². The fourth-order valence-corrected chi connectivity index (χ4v) is 3.06. The van der Waals surface area contributed by atoms with Gasteiger partial charge in [0.1, 0.15) is 0 Å². The van der Waals surface area contributed by atoms with Crippen molar-refractivity contribution in [1.29, 1.82) is 0 Å². The van der Waals surface area contributed by atoms with E-state index in [9.17, 15) is 0 Å². The van der Waals surface area contributed by atoms with Crippen LogP contribution in [0.4, 0.5) is 5.95 Å². The molecule has 134 valence electrons. The van der Waals surface area contributed by atoms with Crippen LogP contribution < -0.4 is 5.43 Å². The molecule has 0 aliphatic carbocycles. The summed E-state index contributed by atoms with van der Waals surface area (Å²) in [6, 6.07) is 17.5. The van der Waals surface area contributed by atoms with Gasteiger partial charge in [0.2, 0.25) is 5.95 Å². The second-order valence-electron chi connectivity index (χ2n) is 6.07. The van der Waals surface area contributed by atoms with E-state index in [4.69, 9.17) is 11.6 Å². The first-order valence-corrected chi connectivity index (χ1v) is 8.81. The molecule has 0 saturated carbocycles. The summed E-state index contributed by atoms with van der Waals surface area (Å²) in [5.41, 5.74) is 7.24. The molecule has 27 heavy (non-hydrogen) atoms. The van der Waals surface area contributed by atoms with E-state index in [2.05, 4.69) is 25.6 Å². The van der Waals surface area contributed by atoms with E-state index >= 15 is 0 Å². The first-order chi connectivity index (χ1) is 13.1. The molecule has 4 aromatic rings. The number of benzene rings is 2. The number of hydrogen-bond acceptors (Lipinski definition) is 5. The molecule has 2 aromatic carbocycles. The van der Waals surface area contributed by atoms with Gasteiger partial charge in [0, 0.05) is 29.2 Å². The van der Waals surface area contributed by atoms with Crippen LogP contribution >= 0.6 is 11.6 Å². The van der Waals surface area contributed by atoms with Crippen molar-refractivity contribution in [3.8, 4) is 11.3 Å². The first kappa shape index (κ1) is 17.2. The number of hydrazone groups is 1. The molecule has 2 aromatic heterocycles. The van der Waals surface area contributed by atoms with Gasteiger partial charge in [-0.25, -0.2) is 15.4 Å². The second kappa shape index (κ2) is 7.17. The Bertz CT molecular complexity index is 1130. The van der Waals surface area contributed by atoms with Crippen LogP contribution in [0.2, 0.25) is 5.02 Å². The van der Waals surface area contributed by atoms with E-state index in [1.165, 1.54) is 0 Å². The van der Waals surface area contributed by atoms with Crippen LogP contribution in [0, 0.1) is 0 Å². The molecule has 0 amide bonds. The molecule has 0 bridgehead atoms. The predicted molar refractivity (Wildman–Crippen MR) is 109 cm³/mol. The van der Waals surface area contributed by atoms with Crippen LogP contribution in [0.15, 0.2) is 65.9 Å². The normalized spacial score (nSPS) is 11.7. The largest absolute Gasteiger partial charge is 0.267 e. The van der Waals surface area contributed by atoms with Crippen LogP contribution in [0.25, 0.3) is 22.2 Å². The Morgan fingerprint density at radius 2 is 1.89 bits per heavy atom. The fraction of sp³-hybridized carbons (Fsp3) is 0.100. The number of hydrogen-bond donors (Lipinski definition) is 1. The van der Waals surface area contributed by atoms with Gasteiger partial charge in [-0.15, -0.1) is 0 Å². The molecule has 0 spiro atoms. The van der Waals surface area contributed by atoms with Crippen molar-refractivity contribution in [2.75, 3.05) is 5.43 Å². The van der Waals surface area contributed by atoms with E-state index in [-0.39, 0.29) is 0 Å². The van der Waals surface area contributed by atoms with Crippen molar-refractivity contribution in [2.45, 2.75) is 6.92 Å². The minimum atomic E-state index is 0.408. The van der Waals surface area contributed by atoms with Crippen molar-refractivity contribution < 1.29 is 0 Å². The van der Waals surface area contributed by atoms with Crippen LogP contribution in [0.5, 0.6) is 0 Å². The standard InChI is InChI=1S/C20H17ClN6/c1-13(18-10-11-22-27(18)2)25-26-20-23-17-12-15(21)8-9-16(17)19(24-20)14-6-4-3-5-7-14/h3-12H,1-2H3,(H,23,24,26). The lowest BCUT2D eigenvalue weighted by atomic mass is 10.1. The van der Waals surface area contributed by atoms with Gasteiger partial charge in [0.15, 0.2) is 0 Å². The van der Waals surface area contributed by atoms with E-state index in [1.54, 1.807) is 10.9 Å². The lowest BCUT2D eigenvalue weighted by Gasteiger charge is -2.09. The number of nitrogens with one attached hydrogen (secondary N) is 1. The molecule has 4 rings (SSSR count). The van der Waals surface area contributed by atoms with Crippen LogP contribution in [0.1, 0.15) is 12.6 Å². The highest BCUT2D eigenvalue weighted by molar-refractivity contribution is 6.31. The Morgan fingerprint density at radius 1 is 1.07 bits per heavy atom. The Balaban J connectivity index is 1.78. The summed E-state index contributed by atoms with van der Waals surface area (Å²) >= 11 is 6.16. The third-order valence-electron chi connectivity index (χ3n) is 4.22. The van der Waals surface area contributed by atoms with Gasteiger partial charge in [0.05, 0.1) is 22.6 Å². The summed E-state index contributed by atoms with van der Waals surface area (Å²) in [4.78, 5) is 9.24. The average molecular weight is 377 g/mol. The highest BCUT2D eigenvalue weighted by Gasteiger charge is 2.10. The summed E-state index contributed by atoms with van der Waals surface area (Å²) in [7, 11) is 1.87. The molecular formula is C20H17ClN6. The zero-order valence-electron chi connectivity index (χ0n) is 14.9. The third kappa shape index (κ3) is 3.52. The molecule has 0 saturated heterocycles. The summed E-state index contributed by atoms with van der Waals surface area (Å²) in [5.74, 6) is 0.408. The monoisotopic (exact) mass is 376 g/mol. The maximum absolute atomic E-state index is 6.16.